The van der Waals surface area contributed by atoms with Gasteiger partial charge in [-0.25, -0.2) is 4.98 Å². The summed E-state index contributed by atoms with van der Waals surface area (Å²) in [7, 11) is 1.51. The average Bonchev–Trinajstić information content (AvgIpc) is 3.26. The van der Waals surface area contributed by atoms with Gasteiger partial charge in [-0.05, 0) is 54.6 Å². The first-order valence-electron chi connectivity index (χ1n) is 11.4. The van der Waals surface area contributed by atoms with Crippen molar-refractivity contribution in [3.05, 3.63) is 89.3 Å². The first-order chi connectivity index (χ1) is 18.3. The Hall–Kier alpha value is -4.02. The maximum Gasteiger partial charge on any atom is 0.417 e. The summed E-state index contributed by atoms with van der Waals surface area (Å²) in [6, 6.07) is 22.3. The molecule has 2 N–H and O–H groups in total. The lowest BCUT2D eigenvalue weighted by Crippen LogP contribution is -2.28. The van der Waals surface area contributed by atoms with Gasteiger partial charge in [0, 0.05) is 20.7 Å². The monoisotopic (exact) mass is 549 g/mol. The predicted octanol–water partition coefficient (Wildman–Crippen LogP) is 8.02. The third-order valence-corrected chi connectivity index (χ3v) is 8.44. The summed E-state index contributed by atoms with van der Waals surface area (Å²) in [6.07, 6.45) is -4.71. The van der Waals surface area contributed by atoms with Crippen molar-refractivity contribution in [2.24, 2.45) is 0 Å². The zero-order valence-electron chi connectivity index (χ0n) is 19.7. The molecule has 0 atom stereocenters. The molecule has 0 saturated heterocycles. The first-order valence-corrected chi connectivity index (χ1v) is 13.0. The number of methoxy groups -OCH3 is 1. The SMILES string of the molecule is COc1ccc(-c2cc(C(F)(F)F)c3c(N)c(C(=O)N4c5ccccc5Sc5ccccc54)sc3n2)cc1. The van der Waals surface area contributed by atoms with E-state index in [2.05, 4.69) is 4.98 Å². The van der Waals surface area contributed by atoms with Crippen LogP contribution in [0.3, 0.4) is 0 Å². The van der Waals surface area contributed by atoms with E-state index in [0.717, 1.165) is 27.2 Å². The van der Waals surface area contributed by atoms with Crippen LogP contribution in [-0.4, -0.2) is 18.0 Å². The lowest BCUT2D eigenvalue weighted by atomic mass is 10.0. The van der Waals surface area contributed by atoms with E-state index in [1.165, 1.54) is 23.8 Å². The Morgan fingerprint density at radius 3 is 2.13 bits per heavy atom. The van der Waals surface area contributed by atoms with E-state index in [-0.39, 0.29) is 26.5 Å². The van der Waals surface area contributed by atoms with Crippen LogP contribution in [0.15, 0.2) is 88.7 Å². The predicted molar refractivity (Wildman–Crippen MR) is 144 cm³/mol. The van der Waals surface area contributed by atoms with Crippen LogP contribution in [-0.2, 0) is 6.18 Å². The number of rotatable bonds is 3. The molecule has 0 spiro atoms. The second-order valence-electron chi connectivity index (χ2n) is 8.48. The number of alkyl halides is 3. The van der Waals surface area contributed by atoms with Gasteiger partial charge < -0.3 is 10.5 Å². The minimum atomic E-state index is -4.71. The van der Waals surface area contributed by atoms with Gasteiger partial charge in [-0.2, -0.15) is 13.2 Å². The Kier molecular flexibility index (Phi) is 5.81. The Morgan fingerprint density at radius 1 is 0.947 bits per heavy atom. The van der Waals surface area contributed by atoms with Crippen LogP contribution in [0.1, 0.15) is 15.2 Å². The number of nitrogens with two attached hydrogens (primary N) is 1. The number of anilines is 3. The summed E-state index contributed by atoms with van der Waals surface area (Å²) in [5, 5.41) is -0.268. The molecule has 5 nitrogen and oxygen atoms in total. The highest BCUT2D eigenvalue weighted by molar-refractivity contribution is 7.99. The minimum Gasteiger partial charge on any atom is -0.497 e. The number of para-hydroxylation sites is 2. The van der Waals surface area contributed by atoms with Crippen molar-refractivity contribution in [3.8, 4) is 17.0 Å². The summed E-state index contributed by atoms with van der Waals surface area (Å²) in [5.41, 5.74) is 7.03. The van der Waals surface area contributed by atoms with Crippen molar-refractivity contribution in [3.63, 3.8) is 0 Å². The molecule has 1 aliphatic heterocycles. The van der Waals surface area contributed by atoms with Crippen LogP contribution >= 0.6 is 23.1 Å². The molecule has 0 radical (unpaired) electrons. The van der Waals surface area contributed by atoms with Crippen molar-refractivity contribution in [2.75, 3.05) is 17.7 Å². The average molecular weight is 550 g/mol. The molecule has 0 bridgehead atoms. The van der Waals surface area contributed by atoms with Crippen molar-refractivity contribution in [1.82, 2.24) is 4.98 Å². The number of carbonyl (C=O) groups is 1. The summed E-state index contributed by atoms with van der Waals surface area (Å²) >= 11 is 2.39. The van der Waals surface area contributed by atoms with E-state index < -0.39 is 17.6 Å². The molecule has 0 unspecified atom stereocenters. The molecule has 2 aromatic heterocycles. The summed E-state index contributed by atoms with van der Waals surface area (Å²) in [4.78, 5) is 21.8. The zero-order valence-corrected chi connectivity index (χ0v) is 21.4. The van der Waals surface area contributed by atoms with Crippen molar-refractivity contribution in [1.29, 1.82) is 0 Å². The number of halogens is 3. The highest BCUT2D eigenvalue weighted by Crippen LogP contribution is 2.50. The first kappa shape index (κ1) is 24.3. The number of carbonyl (C=O) groups excluding carboxylic acids is 1. The summed E-state index contributed by atoms with van der Waals surface area (Å²) < 4.78 is 48.0. The number of ether oxygens (including phenoxy) is 1. The van der Waals surface area contributed by atoms with E-state index >= 15 is 0 Å². The number of amides is 1. The van der Waals surface area contributed by atoms with E-state index in [9.17, 15) is 18.0 Å². The fourth-order valence-electron chi connectivity index (χ4n) is 4.44. The number of hydrogen-bond donors (Lipinski definition) is 1. The quantitative estimate of drug-likeness (QED) is 0.247. The van der Waals surface area contributed by atoms with E-state index in [4.69, 9.17) is 10.5 Å². The van der Waals surface area contributed by atoms with E-state index in [1.807, 2.05) is 36.4 Å². The van der Waals surface area contributed by atoms with Gasteiger partial charge in [-0.15, -0.1) is 11.3 Å². The molecule has 1 amide bonds. The van der Waals surface area contributed by atoms with Gasteiger partial charge in [0.05, 0.1) is 35.4 Å². The van der Waals surface area contributed by atoms with Crippen LogP contribution in [0.5, 0.6) is 5.75 Å². The van der Waals surface area contributed by atoms with E-state index in [1.54, 1.807) is 36.4 Å². The fourth-order valence-corrected chi connectivity index (χ4v) is 6.55. The third-order valence-electron chi connectivity index (χ3n) is 6.22. The van der Waals surface area contributed by atoms with Crippen molar-refractivity contribution >= 4 is 56.3 Å². The fraction of sp³-hybridized carbons (Fsp3) is 0.0714. The van der Waals surface area contributed by atoms with Crippen LogP contribution < -0.4 is 15.4 Å². The van der Waals surface area contributed by atoms with Gasteiger partial charge in [0.2, 0.25) is 0 Å². The second kappa shape index (κ2) is 9.07. The van der Waals surface area contributed by atoms with Gasteiger partial charge >= 0.3 is 6.18 Å². The van der Waals surface area contributed by atoms with Gasteiger partial charge in [-0.1, -0.05) is 36.0 Å². The molecule has 1 aliphatic rings. The number of hydrogen-bond acceptors (Lipinski definition) is 6. The minimum absolute atomic E-state index is 0.00128. The molecule has 3 heterocycles. The van der Waals surface area contributed by atoms with Crippen LogP contribution in [0, 0.1) is 0 Å². The lowest BCUT2D eigenvalue weighted by Gasteiger charge is -2.30. The number of fused-ring (bicyclic) bond motifs is 3. The van der Waals surface area contributed by atoms with Crippen LogP contribution in [0.2, 0.25) is 0 Å². The Morgan fingerprint density at radius 2 is 1.55 bits per heavy atom. The standard InChI is InChI=1S/C28H18F3N3O2S2/c1-36-16-12-10-15(11-13-16)18-14-17(28(29,30)31)23-24(32)25(38-26(23)33-18)27(35)34-19-6-2-4-8-21(19)37-22-9-5-3-7-20(22)34/h2-14H,32H2,1H3. The summed E-state index contributed by atoms with van der Waals surface area (Å²) in [6.45, 7) is 0. The number of nitrogen functional groups attached to an aromatic ring is 1. The van der Waals surface area contributed by atoms with E-state index in [0.29, 0.717) is 22.7 Å². The van der Waals surface area contributed by atoms with Gasteiger partial charge in [0.25, 0.3) is 5.91 Å². The molecule has 0 fully saturated rings. The van der Waals surface area contributed by atoms with Gasteiger partial charge in [0.1, 0.15) is 15.5 Å². The van der Waals surface area contributed by atoms with Gasteiger partial charge in [-0.3, -0.25) is 9.69 Å². The van der Waals surface area contributed by atoms with Crippen molar-refractivity contribution in [2.45, 2.75) is 16.0 Å². The van der Waals surface area contributed by atoms with Gasteiger partial charge in [0.15, 0.2) is 0 Å². The third kappa shape index (κ3) is 3.97. The Labute approximate surface area is 223 Å². The highest BCUT2D eigenvalue weighted by Gasteiger charge is 2.38. The molecule has 6 rings (SSSR count). The second-order valence-corrected chi connectivity index (χ2v) is 10.6. The highest BCUT2D eigenvalue weighted by atomic mass is 32.2. The number of thiophene rings is 1. The molecule has 5 aromatic rings. The molecule has 10 heteroatoms. The topological polar surface area (TPSA) is 68.5 Å². The van der Waals surface area contributed by atoms with Crippen LogP contribution in [0.4, 0.5) is 30.2 Å². The summed E-state index contributed by atoms with van der Waals surface area (Å²) in [5.74, 6) is 0.0594. The number of benzene rings is 3. The van der Waals surface area contributed by atoms with Crippen molar-refractivity contribution < 1.29 is 22.7 Å². The zero-order chi connectivity index (χ0) is 26.6. The maximum atomic E-state index is 14.3. The maximum absolute atomic E-state index is 14.3. The van der Waals surface area contributed by atoms with Crippen LogP contribution in [0.25, 0.3) is 21.5 Å². The Bertz CT molecular complexity index is 1670. The normalized spacial score (nSPS) is 12.8. The number of nitrogens with zero attached hydrogens (tertiary/aromatic N) is 2. The number of pyridine rings is 1. The largest absolute Gasteiger partial charge is 0.497 e. The molecule has 0 saturated carbocycles. The molecular weight excluding hydrogens is 531 g/mol. The Balaban J connectivity index is 1.54. The smallest absolute Gasteiger partial charge is 0.417 e. The number of aromatic nitrogens is 1. The lowest BCUT2D eigenvalue weighted by molar-refractivity contribution is -0.136. The molecule has 0 aliphatic carbocycles. The molecule has 38 heavy (non-hydrogen) atoms. The molecule has 190 valence electrons. The molecular formula is C28H18F3N3O2S2. The molecule has 3 aromatic carbocycles.